The fourth-order valence-electron chi connectivity index (χ4n) is 1.64. The molecule has 12 heavy (non-hydrogen) atoms. The van der Waals surface area contributed by atoms with Crippen molar-refractivity contribution in [2.24, 2.45) is 0 Å². The summed E-state index contributed by atoms with van der Waals surface area (Å²) in [6.07, 6.45) is 0. The third-order valence-corrected chi connectivity index (χ3v) is 2.25. The summed E-state index contributed by atoms with van der Waals surface area (Å²) >= 11 is 0. The van der Waals surface area contributed by atoms with E-state index in [1.807, 2.05) is 12.1 Å². The molecule has 0 atom stereocenters. The maximum absolute atomic E-state index is 8.76. The number of benzene rings is 1. The van der Waals surface area contributed by atoms with Crippen LogP contribution in [0.25, 0.3) is 0 Å². The van der Waals surface area contributed by atoms with Crippen LogP contribution in [0.4, 0.5) is 0 Å². The van der Waals surface area contributed by atoms with Crippen LogP contribution in [0.15, 0.2) is 18.2 Å². The van der Waals surface area contributed by atoms with Crippen LogP contribution >= 0.6 is 0 Å². The molecular weight excluding hydrogens is 150 g/mol. The quantitative estimate of drug-likeness (QED) is 0.695. The Labute approximate surface area is 72.4 Å². The summed E-state index contributed by atoms with van der Waals surface area (Å²) in [4.78, 5) is 2.23. The summed E-state index contributed by atoms with van der Waals surface area (Å²) in [5.41, 5.74) is 2.73. The zero-order valence-electron chi connectivity index (χ0n) is 6.95. The lowest BCUT2D eigenvalue weighted by atomic mass is 10.1. The zero-order valence-corrected chi connectivity index (χ0v) is 6.95. The molecule has 0 bridgehead atoms. The first-order chi connectivity index (χ1) is 5.90. The highest BCUT2D eigenvalue weighted by Crippen LogP contribution is 2.20. The first kappa shape index (κ1) is 7.77. The predicted molar refractivity (Wildman–Crippen MR) is 46.5 cm³/mol. The zero-order chi connectivity index (χ0) is 8.39. The summed E-state index contributed by atoms with van der Waals surface area (Å²) in [7, 11) is 0. The van der Waals surface area contributed by atoms with Gasteiger partial charge in [0.1, 0.15) is 0 Å². The maximum atomic E-state index is 8.76. The minimum Gasteiger partial charge on any atom is -0.395 e. The highest BCUT2D eigenvalue weighted by Gasteiger charge is 2.16. The van der Waals surface area contributed by atoms with E-state index in [1.165, 1.54) is 11.1 Å². The molecule has 0 amide bonds. The van der Waals surface area contributed by atoms with E-state index >= 15 is 0 Å². The van der Waals surface area contributed by atoms with Gasteiger partial charge in [-0.3, -0.25) is 4.90 Å². The van der Waals surface area contributed by atoms with E-state index in [9.17, 15) is 0 Å². The molecule has 0 unspecified atom stereocenters. The third-order valence-electron chi connectivity index (χ3n) is 2.25. The van der Waals surface area contributed by atoms with E-state index in [0.717, 1.165) is 19.6 Å². The predicted octanol–water partition coefficient (Wildman–Crippen LogP) is 0.795. The number of β-amino-alcohol motifs (C(OH)–C–C–N with tert-alkyl or cyclic N) is 1. The average molecular weight is 162 g/mol. The number of aliphatic hydroxyl groups excluding tert-OH is 1. The van der Waals surface area contributed by atoms with Crippen LogP contribution in [0.1, 0.15) is 11.1 Å². The molecule has 0 aromatic heterocycles. The molecule has 63 valence electrons. The van der Waals surface area contributed by atoms with E-state index in [4.69, 9.17) is 5.11 Å². The van der Waals surface area contributed by atoms with Crippen molar-refractivity contribution < 1.29 is 5.11 Å². The van der Waals surface area contributed by atoms with Gasteiger partial charge in [0.2, 0.25) is 0 Å². The first-order valence-electron chi connectivity index (χ1n) is 4.21. The third kappa shape index (κ3) is 1.36. The van der Waals surface area contributed by atoms with Crippen LogP contribution in [0.2, 0.25) is 0 Å². The molecule has 0 aliphatic carbocycles. The Morgan fingerprint density at radius 3 is 3.00 bits per heavy atom. The Morgan fingerprint density at radius 2 is 2.25 bits per heavy atom. The summed E-state index contributed by atoms with van der Waals surface area (Å²) in [6, 6.07) is 9.15. The monoisotopic (exact) mass is 162 g/mol. The molecule has 2 nitrogen and oxygen atoms in total. The highest BCUT2D eigenvalue weighted by atomic mass is 16.3. The standard InChI is InChI=1S/C10H12NO/c12-6-5-11-7-9-3-1-2-4-10(9)8-11/h1,3-4,12H,5-8H2. The number of rotatable bonds is 2. The Bertz CT molecular complexity index is 247. The van der Waals surface area contributed by atoms with Crippen molar-refractivity contribution in [2.45, 2.75) is 13.1 Å². The van der Waals surface area contributed by atoms with Gasteiger partial charge in [0.05, 0.1) is 6.61 Å². The molecule has 1 aromatic carbocycles. The number of hydrogen-bond acceptors (Lipinski definition) is 2. The van der Waals surface area contributed by atoms with Crippen LogP contribution in [-0.4, -0.2) is 23.2 Å². The Balaban J connectivity index is 2.11. The van der Waals surface area contributed by atoms with Gasteiger partial charge in [-0.2, -0.15) is 0 Å². The molecule has 2 rings (SSSR count). The molecular formula is C10H12NO. The van der Waals surface area contributed by atoms with Gasteiger partial charge < -0.3 is 5.11 Å². The number of fused-ring (bicyclic) bond motifs is 1. The van der Waals surface area contributed by atoms with Crippen LogP contribution < -0.4 is 0 Å². The average Bonchev–Trinajstić information content (AvgIpc) is 2.47. The minimum absolute atomic E-state index is 0.248. The van der Waals surface area contributed by atoms with Gasteiger partial charge in [0.25, 0.3) is 0 Å². The summed E-state index contributed by atoms with van der Waals surface area (Å²) in [5.74, 6) is 0. The van der Waals surface area contributed by atoms with E-state index in [0.29, 0.717) is 0 Å². The summed E-state index contributed by atoms with van der Waals surface area (Å²) < 4.78 is 0. The molecule has 0 saturated heterocycles. The van der Waals surface area contributed by atoms with E-state index in [1.54, 1.807) is 0 Å². The van der Waals surface area contributed by atoms with Crippen LogP contribution in [0, 0.1) is 6.07 Å². The van der Waals surface area contributed by atoms with Crippen molar-refractivity contribution in [3.05, 3.63) is 35.4 Å². The van der Waals surface area contributed by atoms with Gasteiger partial charge in [0.15, 0.2) is 0 Å². The molecule has 1 aliphatic rings. The smallest absolute Gasteiger partial charge is 0.0558 e. The lowest BCUT2D eigenvalue weighted by Gasteiger charge is -2.11. The van der Waals surface area contributed by atoms with Gasteiger partial charge in [-0.05, 0) is 23.3 Å². The van der Waals surface area contributed by atoms with Gasteiger partial charge >= 0.3 is 0 Å². The van der Waals surface area contributed by atoms with Crippen molar-refractivity contribution in [1.29, 1.82) is 0 Å². The molecule has 1 aliphatic heterocycles. The summed E-state index contributed by atoms with van der Waals surface area (Å²) in [5, 5.41) is 8.76. The highest BCUT2D eigenvalue weighted by molar-refractivity contribution is 5.29. The fourth-order valence-corrected chi connectivity index (χ4v) is 1.64. The second-order valence-corrected chi connectivity index (χ2v) is 3.13. The van der Waals surface area contributed by atoms with Crippen molar-refractivity contribution in [3.8, 4) is 0 Å². The second-order valence-electron chi connectivity index (χ2n) is 3.13. The molecule has 0 spiro atoms. The van der Waals surface area contributed by atoms with Crippen molar-refractivity contribution in [3.63, 3.8) is 0 Å². The summed E-state index contributed by atoms with van der Waals surface area (Å²) in [6.45, 7) is 2.96. The second kappa shape index (κ2) is 3.25. The SMILES string of the molecule is OCCN1Cc2c[c]ccc2C1. The molecule has 2 heteroatoms. The number of nitrogens with zero attached hydrogens (tertiary/aromatic N) is 1. The Morgan fingerprint density at radius 1 is 1.42 bits per heavy atom. The first-order valence-corrected chi connectivity index (χ1v) is 4.21. The molecule has 1 aromatic rings. The van der Waals surface area contributed by atoms with Crippen LogP contribution in [0.5, 0.6) is 0 Å². The topological polar surface area (TPSA) is 23.5 Å². The van der Waals surface area contributed by atoms with Crippen LogP contribution in [-0.2, 0) is 13.1 Å². The lowest BCUT2D eigenvalue weighted by Crippen LogP contribution is -2.20. The van der Waals surface area contributed by atoms with Gasteiger partial charge in [0, 0.05) is 19.6 Å². The number of aliphatic hydroxyl groups is 1. The van der Waals surface area contributed by atoms with E-state index < -0.39 is 0 Å². The van der Waals surface area contributed by atoms with Crippen molar-refractivity contribution in [2.75, 3.05) is 13.2 Å². The molecule has 1 heterocycles. The van der Waals surface area contributed by atoms with Crippen molar-refractivity contribution >= 4 is 0 Å². The largest absolute Gasteiger partial charge is 0.395 e. The Hall–Kier alpha value is -0.860. The minimum atomic E-state index is 0.248. The normalized spacial score (nSPS) is 16.4. The maximum Gasteiger partial charge on any atom is 0.0558 e. The van der Waals surface area contributed by atoms with Gasteiger partial charge in [-0.1, -0.05) is 12.1 Å². The lowest BCUT2D eigenvalue weighted by molar-refractivity contribution is 0.198. The molecule has 1 radical (unpaired) electrons. The van der Waals surface area contributed by atoms with Crippen molar-refractivity contribution in [1.82, 2.24) is 4.90 Å². The molecule has 0 saturated carbocycles. The van der Waals surface area contributed by atoms with Gasteiger partial charge in [-0.25, -0.2) is 0 Å². The number of hydrogen-bond donors (Lipinski definition) is 1. The molecule has 1 N–H and O–H groups in total. The van der Waals surface area contributed by atoms with Gasteiger partial charge in [-0.15, -0.1) is 0 Å². The fraction of sp³-hybridized carbons (Fsp3) is 0.400. The van der Waals surface area contributed by atoms with Crippen LogP contribution in [0.3, 0.4) is 0 Å². The van der Waals surface area contributed by atoms with E-state index in [-0.39, 0.29) is 6.61 Å². The Kier molecular flexibility index (Phi) is 2.11. The molecule has 0 fully saturated rings. The van der Waals surface area contributed by atoms with E-state index in [2.05, 4.69) is 17.0 Å².